The molecule has 0 aromatic rings. The molecule has 1 heterocycles. The van der Waals surface area contributed by atoms with Crippen molar-refractivity contribution in [3.8, 4) is 0 Å². The number of carbonyl (C=O) groups is 2. The van der Waals surface area contributed by atoms with E-state index in [0.29, 0.717) is 19.4 Å². The molecule has 4 heteroatoms. The Morgan fingerprint density at radius 3 is 2.86 bits per heavy atom. The highest BCUT2D eigenvalue weighted by Crippen LogP contribution is 2.15. The Balaban J connectivity index is 2.17. The largest absolute Gasteiger partial charge is 0.381 e. The minimum Gasteiger partial charge on any atom is -0.381 e. The summed E-state index contributed by atoms with van der Waals surface area (Å²) in [7, 11) is 0. The number of carbonyl (C=O) groups excluding carboxylic acids is 2. The van der Waals surface area contributed by atoms with Gasteiger partial charge in [0.1, 0.15) is 0 Å². The molecule has 0 bridgehead atoms. The number of hydrogen-bond donors (Lipinski definition) is 1. The van der Waals surface area contributed by atoms with Gasteiger partial charge < -0.3 is 4.74 Å². The van der Waals surface area contributed by atoms with Gasteiger partial charge in [0, 0.05) is 25.6 Å². The van der Waals surface area contributed by atoms with Gasteiger partial charge in [-0.05, 0) is 19.3 Å². The van der Waals surface area contributed by atoms with Gasteiger partial charge in [0.05, 0.1) is 0 Å². The van der Waals surface area contributed by atoms with Crippen LogP contribution in [-0.2, 0) is 14.3 Å². The summed E-state index contributed by atoms with van der Waals surface area (Å²) in [5.41, 5.74) is 0. The van der Waals surface area contributed by atoms with Crippen LogP contribution in [0, 0.1) is 5.92 Å². The van der Waals surface area contributed by atoms with E-state index in [0.717, 1.165) is 19.4 Å². The van der Waals surface area contributed by atoms with E-state index < -0.39 is 0 Å². The third-order valence-corrected chi connectivity index (χ3v) is 2.31. The highest BCUT2D eigenvalue weighted by atomic mass is 16.5. The molecule has 4 nitrogen and oxygen atoms in total. The summed E-state index contributed by atoms with van der Waals surface area (Å²) in [6.07, 6.45) is 2.85. The van der Waals surface area contributed by atoms with E-state index in [4.69, 9.17) is 4.74 Å². The minimum absolute atomic E-state index is 0.0374. The van der Waals surface area contributed by atoms with E-state index in [-0.39, 0.29) is 17.7 Å². The molecule has 1 fully saturated rings. The first-order valence-electron chi connectivity index (χ1n) is 5.15. The molecule has 0 aromatic heterocycles. The van der Waals surface area contributed by atoms with Crippen molar-refractivity contribution in [3.63, 3.8) is 0 Å². The van der Waals surface area contributed by atoms with Gasteiger partial charge in [0.25, 0.3) is 0 Å². The Bertz CT molecular complexity index is 215. The third-order valence-electron chi connectivity index (χ3n) is 2.31. The van der Waals surface area contributed by atoms with Crippen molar-refractivity contribution in [3.05, 3.63) is 0 Å². The lowest BCUT2D eigenvalue weighted by Gasteiger charge is -2.20. The fraction of sp³-hybridized carbons (Fsp3) is 0.800. The maximum atomic E-state index is 11.3. The van der Waals surface area contributed by atoms with Gasteiger partial charge >= 0.3 is 0 Å². The zero-order valence-corrected chi connectivity index (χ0v) is 8.54. The fourth-order valence-corrected chi connectivity index (χ4v) is 1.49. The zero-order valence-electron chi connectivity index (χ0n) is 8.54. The van der Waals surface area contributed by atoms with Gasteiger partial charge in [-0.1, -0.05) is 6.92 Å². The maximum absolute atomic E-state index is 11.3. The predicted molar refractivity (Wildman–Crippen MR) is 51.6 cm³/mol. The van der Waals surface area contributed by atoms with Gasteiger partial charge in [-0.25, -0.2) is 0 Å². The van der Waals surface area contributed by atoms with Crippen molar-refractivity contribution < 1.29 is 14.3 Å². The molecule has 1 aliphatic heterocycles. The van der Waals surface area contributed by atoms with Crippen molar-refractivity contribution in [1.82, 2.24) is 5.32 Å². The van der Waals surface area contributed by atoms with Crippen LogP contribution in [0.2, 0.25) is 0 Å². The number of amides is 2. The molecule has 0 radical (unpaired) electrons. The van der Waals surface area contributed by atoms with Crippen molar-refractivity contribution in [2.45, 2.75) is 32.6 Å². The summed E-state index contributed by atoms with van der Waals surface area (Å²) < 4.78 is 5.30. The fourth-order valence-electron chi connectivity index (χ4n) is 1.49. The second kappa shape index (κ2) is 5.75. The second-order valence-electron chi connectivity index (χ2n) is 3.55. The van der Waals surface area contributed by atoms with Crippen LogP contribution in [0.5, 0.6) is 0 Å². The van der Waals surface area contributed by atoms with Crippen LogP contribution in [-0.4, -0.2) is 25.0 Å². The van der Waals surface area contributed by atoms with Crippen LogP contribution in [0.4, 0.5) is 0 Å². The maximum Gasteiger partial charge on any atom is 0.229 e. The van der Waals surface area contributed by atoms with Gasteiger partial charge in [0.2, 0.25) is 11.8 Å². The van der Waals surface area contributed by atoms with Crippen molar-refractivity contribution in [2.24, 2.45) is 5.92 Å². The zero-order chi connectivity index (χ0) is 10.4. The van der Waals surface area contributed by atoms with E-state index in [1.54, 1.807) is 0 Å². The highest BCUT2D eigenvalue weighted by Gasteiger charge is 2.25. The average molecular weight is 199 g/mol. The summed E-state index contributed by atoms with van der Waals surface area (Å²) in [6.45, 7) is 3.40. The van der Waals surface area contributed by atoms with Gasteiger partial charge in [-0.15, -0.1) is 0 Å². The summed E-state index contributed by atoms with van der Waals surface area (Å²) in [6, 6.07) is 0. The molecule has 80 valence electrons. The topological polar surface area (TPSA) is 55.4 Å². The monoisotopic (exact) mass is 199 g/mol. The first kappa shape index (κ1) is 11.2. The van der Waals surface area contributed by atoms with E-state index >= 15 is 0 Å². The standard InChI is InChI=1S/C10H17NO3/c1-2-6-14-7-5-8-3-4-9(12)11-10(8)13/h8H,2-7H2,1H3,(H,11,12,13). The average Bonchev–Trinajstić information content (AvgIpc) is 2.15. The molecule has 0 saturated carbocycles. The SMILES string of the molecule is CCCOCCC1CCC(=O)NC1=O. The summed E-state index contributed by atoms with van der Waals surface area (Å²) in [5, 5.41) is 2.34. The van der Waals surface area contributed by atoms with E-state index in [9.17, 15) is 9.59 Å². The van der Waals surface area contributed by atoms with Crippen molar-refractivity contribution in [2.75, 3.05) is 13.2 Å². The molecular weight excluding hydrogens is 182 g/mol. The Morgan fingerprint density at radius 1 is 1.43 bits per heavy atom. The summed E-state index contributed by atoms with van der Waals surface area (Å²) >= 11 is 0. The Kier molecular flexibility index (Phi) is 4.59. The van der Waals surface area contributed by atoms with E-state index in [1.165, 1.54) is 0 Å². The van der Waals surface area contributed by atoms with Crippen LogP contribution in [0.1, 0.15) is 32.6 Å². The van der Waals surface area contributed by atoms with E-state index in [1.807, 2.05) is 6.92 Å². The molecule has 0 spiro atoms. The molecule has 14 heavy (non-hydrogen) atoms. The molecule has 1 N–H and O–H groups in total. The lowest BCUT2D eigenvalue weighted by atomic mass is 9.95. The number of ether oxygens (including phenoxy) is 1. The molecule has 1 rings (SSSR count). The van der Waals surface area contributed by atoms with Crippen LogP contribution in [0.15, 0.2) is 0 Å². The van der Waals surface area contributed by atoms with Crippen LogP contribution < -0.4 is 5.32 Å². The molecule has 1 saturated heterocycles. The Labute approximate surface area is 84.0 Å². The lowest BCUT2D eigenvalue weighted by molar-refractivity contribution is -0.136. The number of rotatable bonds is 5. The molecule has 1 aliphatic rings. The predicted octanol–water partition coefficient (Wildman–Crippen LogP) is 0.856. The quantitative estimate of drug-likeness (QED) is 0.527. The second-order valence-corrected chi connectivity index (χ2v) is 3.55. The lowest BCUT2D eigenvalue weighted by Crippen LogP contribution is -2.41. The van der Waals surface area contributed by atoms with E-state index in [2.05, 4.69) is 5.32 Å². The molecular formula is C10H17NO3. The Morgan fingerprint density at radius 2 is 2.21 bits per heavy atom. The molecule has 2 amide bonds. The van der Waals surface area contributed by atoms with Gasteiger partial charge in [-0.3, -0.25) is 14.9 Å². The van der Waals surface area contributed by atoms with Gasteiger partial charge in [-0.2, -0.15) is 0 Å². The molecule has 0 aromatic carbocycles. The first-order chi connectivity index (χ1) is 6.74. The number of imide groups is 1. The molecule has 1 atom stereocenters. The number of nitrogens with one attached hydrogen (secondary N) is 1. The number of piperidine rings is 1. The van der Waals surface area contributed by atoms with Crippen molar-refractivity contribution in [1.29, 1.82) is 0 Å². The van der Waals surface area contributed by atoms with Crippen LogP contribution >= 0.6 is 0 Å². The van der Waals surface area contributed by atoms with Gasteiger partial charge in [0.15, 0.2) is 0 Å². The smallest absolute Gasteiger partial charge is 0.229 e. The van der Waals surface area contributed by atoms with Crippen molar-refractivity contribution >= 4 is 11.8 Å². The summed E-state index contributed by atoms with van der Waals surface area (Å²) in [5.74, 6) is -0.327. The minimum atomic E-state index is -0.152. The first-order valence-corrected chi connectivity index (χ1v) is 5.15. The van der Waals surface area contributed by atoms with Crippen LogP contribution in [0.25, 0.3) is 0 Å². The number of hydrogen-bond acceptors (Lipinski definition) is 3. The Hall–Kier alpha value is -0.900. The summed E-state index contributed by atoms with van der Waals surface area (Å²) in [4.78, 5) is 22.1. The highest BCUT2D eigenvalue weighted by molar-refractivity contribution is 5.98. The molecule has 1 unspecified atom stereocenters. The van der Waals surface area contributed by atoms with Crippen LogP contribution in [0.3, 0.4) is 0 Å². The third kappa shape index (κ3) is 3.46. The molecule has 0 aliphatic carbocycles. The normalized spacial score (nSPS) is 22.2.